The van der Waals surface area contributed by atoms with Crippen molar-refractivity contribution >= 4 is 21.2 Å². The van der Waals surface area contributed by atoms with Gasteiger partial charge in [0.2, 0.25) is 0 Å². The van der Waals surface area contributed by atoms with Crippen molar-refractivity contribution in [2.24, 2.45) is 0 Å². The topological polar surface area (TPSA) is 110 Å². The molecule has 0 bridgehead atoms. The van der Waals surface area contributed by atoms with Crippen LogP contribution in [0.4, 0.5) is 15.8 Å². The van der Waals surface area contributed by atoms with Gasteiger partial charge in [-0.05, 0) is 29.8 Å². The smallest absolute Gasteiger partial charge is 0.288 e. The average molecular weight is 354 g/mol. The predicted octanol–water partition coefficient (Wildman–Crippen LogP) is 2.28. The van der Waals surface area contributed by atoms with E-state index in [9.17, 15) is 28.0 Å². The van der Waals surface area contributed by atoms with Gasteiger partial charge in [0.25, 0.3) is 5.69 Å². The summed E-state index contributed by atoms with van der Waals surface area (Å²) < 4.78 is 36.5. The molecule has 0 spiro atoms. The number of nitro groups is 1. The second kappa shape index (κ2) is 6.93. The van der Waals surface area contributed by atoms with Crippen LogP contribution in [0, 0.1) is 15.9 Å². The molecular formula is C15H15FN2O5S. The quantitative estimate of drug-likeness (QED) is 0.608. The van der Waals surface area contributed by atoms with Crippen molar-refractivity contribution in [1.29, 1.82) is 0 Å². The number of nitrogens with one attached hydrogen (secondary N) is 1. The minimum absolute atomic E-state index is 0.0233. The van der Waals surface area contributed by atoms with Crippen molar-refractivity contribution in [2.45, 2.75) is 11.0 Å². The number of hydrogen-bond acceptors (Lipinski definition) is 6. The molecule has 0 fully saturated rings. The normalized spacial score (nSPS) is 12.6. The molecule has 24 heavy (non-hydrogen) atoms. The van der Waals surface area contributed by atoms with E-state index in [0.29, 0.717) is 5.56 Å². The molecule has 2 rings (SSSR count). The van der Waals surface area contributed by atoms with E-state index in [0.717, 1.165) is 18.4 Å². The summed E-state index contributed by atoms with van der Waals surface area (Å²) >= 11 is 0. The van der Waals surface area contributed by atoms with E-state index in [1.165, 1.54) is 24.3 Å². The fraction of sp³-hybridized carbons (Fsp3) is 0.200. The van der Waals surface area contributed by atoms with Crippen molar-refractivity contribution in [3.05, 3.63) is 64.0 Å². The Balaban J connectivity index is 2.20. The van der Waals surface area contributed by atoms with Crippen LogP contribution in [0.1, 0.15) is 11.7 Å². The Kier molecular flexibility index (Phi) is 5.15. The number of anilines is 1. The third-order valence-corrected chi connectivity index (χ3v) is 4.41. The van der Waals surface area contributed by atoms with E-state index in [1.54, 1.807) is 6.07 Å². The molecule has 0 radical (unpaired) electrons. The van der Waals surface area contributed by atoms with Gasteiger partial charge in [0.1, 0.15) is 10.7 Å². The number of aliphatic hydroxyl groups excluding tert-OH is 1. The lowest BCUT2D eigenvalue weighted by molar-refractivity contribution is -0.387. The molecule has 2 N–H and O–H groups in total. The van der Waals surface area contributed by atoms with Gasteiger partial charge < -0.3 is 10.4 Å². The Hall–Kier alpha value is -2.52. The highest BCUT2D eigenvalue weighted by Gasteiger charge is 2.22. The van der Waals surface area contributed by atoms with E-state index in [1.807, 2.05) is 0 Å². The number of rotatable bonds is 6. The third kappa shape index (κ3) is 4.27. The maximum Gasteiger partial charge on any atom is 0.288 e. The highest BCUT2D eigenvalue weighted by molar-refractivity contribution is 7.90. The molecule has 9 heteroatoms. The van der Waals surface area contributed by atoms with Crippen LogP contribution >= 0.6 is 0 Å². The Morgan fingerprint density at radius 3 is 2.58 bits per heavy atom. The summed E-state index contributed by atoms with van der Waals surface area (Å²) in [6.45, 7) is -0.0233. The molecule has 0 saturated carbocycles. The number of benzene rings is 2. The Bertz CT molecular complexity index is 870. The number of hydrogen-bond donors (Lipinski definition) is 2. The Labute approximate surface area is 137 Å². The zero-order chi connectivity index (χ0) is 17.9. The minimum atomic E-state index is -3.79. The molecule has 1 atom stereocenters. The third-order valence-electron chi connectivity index (χ3n) is 3.29. The molecular weight excluding hydrogens is 339 g/mol. The van der Waals surface area contributed by atoms with E-state index >= 15 is 0 Å². The Morgan fingerprint density at radius 2 is 2.00 bits per heavy atom. The first-order valence-electron chi connectivity index (χ1n) is 6.84. The second-order valence-electron chi connectivity index (χ2n) is 5.16. The second-order valence-corrected chi connectivity index (χ2v) is 7.15. The zero-order valence-electron chi connectivity index (χ0n) is 12.6. The number of nitro benzene ring substituents is 1. The highest BCUT2D eigenvalue weighted by atomic mass is 32.2. The average Bonchev–Trinajstić information content (AvgIpc) is 2.51. The van der Waals surface area contributed by atoms with Gasteiger partial charge in [-0.3, -0.25) is 10.1 Å². The standard InChI is InChI=1S/C15H15FN2O5S/c1-24(22,23)15-8-12(5-6-13(15)18(20)21)17-9-14(19)10-3-2-4-11(16)7-10/h2-8,14,17,19H,9H2,1H3. The van der Waals surface area contributed by atoms with E-state index in [4.69, 9.17) is 0 Å². The fourth-order valence-electron chi connectivity index (χ4n) is 2.12. The monoisotopic (exact) mass is 354 g/mol. The summed E-state index contributed by atoms with van der Waals surface area (Å²) in [4.78, 5) is 9.71. The summed E-state index contributed by atoms with van der Waals surface area (Å²) in [5, 5.41) is 23.7. The molecule has 0 aliphatic heterocycles. The molecule has 7 nitrogen and oxygen atoms in total. The molecule has 1 unspecified atom stereocenters. The van der Waals surface area contributed by atoms with Crippen LogP contribution in [0.2, 0.25) is 0 Å². The maximum absolute atomic E-state index is 13.1. The summed E-state index contributed by atoms with van der Waals surface area (Å²) in [6, 6.07) is 8.99. The van der Waals surface area contributed by atoms with Gasteiger partial charge in [-0.2, -0.15) is 0 Å². The van der Waals surface area contributed by atoms with Gasteiger partial charge >= 0.3 is 0 Å². The lowest BCUT2D eigenvalue weighted by atomic mass is 10.1. The zero-order valence-corrected chi connectivity index (χ0v) is 13.5. The first-order chi connectivity index (χ1) is 11.2. The first kappa shape index (κ1) is 17.8. The van der Waals surface area contributed by atoms with Gasteiger partial charge in [0.05, 0.1) is 11.0 Å². The van der Waals surface area contributed by atoms with Crippen LogP contribution in [0.25, 0.3) is 0 Å². The molecule has 0 amide bonds. The van der Waals surface area contributed by atoms with Crippen molar-refractivity contribution < 1.29 is 22.8 Å². The number of nitrogens with zero attached hydrogens (tertiary/aromatic N) is 1. The van der Waals surface area contributed by atoms with E-state index < -0.39 is 37.3 Å². The van der Waals surface area contributed by atoms with Gasteiger partial charge in [-0.1, -0.05) is 12.1 Å². The molecule has 0 aromatic heterocycles. The van der Waals surface area contributed by atoms with Crippen LogP contribution < -0.4 is 5.32 Å². The summed E-state index contributed by atoms with van der Waals surface area (Å²) in [5.41, 5.74) is 0.123. The molecule has 0 heterocycles. The lowest BCUT2D eigenvalue weighted by Gasteiger charge is -2.14. The number of halogens is 1. The van der Waals surface area contributed by atoms with Crippen LogP contribution in [0.15, 0.2) is 47.4 Å². The lowest BCUT2D eigenvalue weighted by Crippen LogP contribution is -2.13. The Morgan fingerprint density at radius 1 is 1.29 bits per heavy atom. The summed E-state index contributed by atoms with van der Waals surface area (Å²) in [6.07, 6.45) is -0.154. The van der Waals surface area contributed by atoms with Gasteiger partial charge in [-0.25, -0.2) is 12.8 Å². The molecule has 0 saturated heterocycles. The fourth-order valence-corrected chi connectivity index (χ4v) is 2.98. The molecule has 128 valence electrons. The van der Waals surface area contributed by atoms with Gasteiger partial charge in [-0.15, -0.1) is 0 Å². The predicted molar refractivity (Wildman–Crippen MR) is 86.1 cm³/mol. The minimum Gasteiger partial charge on any atom is -0.387 e. The molecule has 2 aromatic carbocycles. The molecule has 0 aliphatic rings. The van der Waals surface area contributed by atoms with Crippen LogP contribution in [0.3, 0.4) is 0 Å². The molecule has 0 aliphatic carbocycles. The SMILES string of the molecule is CS(=O)(=O)c1cc(NCC(O)c2cccc(F)c2)ccc1[N+](=O)[O-]. The summed E-state index contributed by atoms with van der Waals surface area (Å²) in [7, 11) is -3.79. The first-order valence-corrected chi connectivity index (χ1v) is 8.73. The summed E-state index contributed by atoms with van der Waals surface area (Å²) in [5.74, 6) is -0.485. The van der Waals surface area contributed by atoms with Crippen LogP contribution in [-0.4, -0.2) is 31.2 Å². The highest BCUT2D eigenvalue weighted by Crippen LogP contribution is 2.27. The van der Waals surface area contributed by atoms with Gasteiger partial charge in [0, 0.05) is 24.6 Å². The van der Waals surface area contributed by atoms with E-state index in [-0.39, 0.29) is 12.2 Å². The molecule has 2 aromatic rings. The van der Waals surface area contributed by atoms with Crippen molar-refractivity contribution in [2.75, 3.05) is 18.1 Å². The van der Waals surface area contributed by atoms with Gasteiger partial charge in [0.15, 0.2) is 9.84 Å². The maximum atomic E-state index is 13.1. The van der Waals surface area contributed by atoms with E-state index in [2.05, 4.69) is 5.32 Å². The van der Waals surface area contributed by atoms with Crippen molar-refractivity contribution in [3.8, 4) is 0 Å². The number of aliphatic hydroxyl groups is 1. The van der Waals surface area contributed by atoms with Crippen LogP contribution in [0.5, 0.6) is 0 Å². The number of sulfone groups is 1. The van der Waals surface area contributed by atoms with Crippen LogP contribution in [-0.2, 0) is 9.84 Å². The van der Waals surface area contributed by atoms with Crippen molar-refractivity contribution in [3.63, 3.8) is 0 Å². The van der Waals surface area contributed by atoms with Crippen molar-refractivity contribution in [1.82, 2.24) is 0 Å². The largest absolute Gasteiger partial charge is 0.387 e.